The minimum atomic E-state index is -0.554. The molecule has 2 aromatic heterocycles. The molecule has 0 aliphatic rings. The Hall–Kier alpha value is -4.05. The first-order valence-electron chi connectivity index (χ1n) is 7.76. The summed E-state index contributed by atoms with van der Waals surface area (Å²) in [6, 6.07) is 18.2. The van der Waals surface area contributed by atoms with Crippen LogP contribution in [0.25, 0.3) is 21.8 Å². The highest BCUT2D eigenvalue weighted by Crippen LogP contribution is 2.35. The van der Waals surface area contributed by atoms with E-state index >= 15 is 0 Å². The molecule has 7 nitrogen and oxygen atoms in total. The first-order valence-corrected chi connectivity index (χ1v) is 7.76. The van der Waals surface area contributed by atoms with E-state index in [-0.39, 0.29) is 17.1 Å². The highest BCUT2D eigenvalue weighted by molar-refractivity contribution is 6.08. The molecule has 7 heteroatoms. The van der Waals surface area contributed by atoms with Gasteiger partial charge in [-0.2, -0.15) is 5.26 Å². The first kappa shape index (κ1) is 15.5. The third-order valence-corrected chi connectivity index (χ3v) is 4.02. The van der Waals surface area contributed by atoms with Crippen molar-refractivity contribution in [3.05, 3.63) is 76.5 Å². The molecule has 2 heterocycles. The molecule has 4 aromatic rings. The van der Waals surface area contributed by atoms with Crippen LogP contribution in [0, 0.1) is 21.4 Å². The van der Waals surface area contributed by atoms with Gasteiger partial charge in [0.15, 0.2) is 0 Å². The largest absolute Gasteiger partial charge is 0.333 e. The fourth-order valence-corrected chi connectivity index (χ4v) is 2.84. The number of hydrogen-bond donors (Lipinski definition) is 1. The molecule has 0 radical (unpaired) electrons. The van der Waals surface area contributed by atoms with Gasteiger partial charge in [0.05, 0.1) is 27.2 Å². The number of anilines is 2. The van der Waals surface area contributed by atoms with Crippen LogP contribution in [-0.2, 0) is 0 Å². The van der Waals surface area contributed by atoms with E-state index in [0.717, 1.165) is 21.8 Å². The SMILES string of the molecule is N#Cc1cnc(Nc2c3ccccc3nc3ccccc23)c([N+](=O)[O-])c1. The number of fused-ring (bicyclic) bond motifs is 2. The lowest BCUT2D eigenvalue weighted by molar-refractivity contribution is -0.384. The van der Waals surface area contributed by atoms with Gasteiger partial charge in [-0.3, -0.25) is 10.1 Å². The lowest BCUT2D eigenvalue weighted by atomic mass is 10.1. The van der Waals surface area contributed by atoms with E-state index in [1.54, 1.807) is 0 Å². The van der Waals surface area contributed by atoms with Gasteiger partial charge in [-0.1, -0.05) is 36.4 Å². The van der Waals surface area contributed by atoms with Gasteiger partial charge in [-0.15, -0.1) is 0 Å². The van der Waals surface area contributed by atoms with Gasteiger partial charge in [-0.05, 0) is 12.1 Å². The fourth-order valence-electron chi connectivity index (χ4n) is 2.84. The van der Waals surface area contributed by atoms with Gasteiger partial charge < -0.3 is 5.32 Å². The summed E-state index contributed by atoms with van der Waals surface area (Å²) in [5.41, 5.74) is 2.10. The maximum atomic E-state index is 11.4. The second kappa shape index (κ2) is 6.11. The van der Waals surface area contributed by atoms with Gasteiger partial charge in [0, 0.05) is 23.0 Å². The molecule has 0 fully saturated rings. The number of nitrogens with one attached hydrogen (secondary N) is 1. The fraction of sp³-hybridized carbons (Fsp3) is 0. The van der Waals surface area contributed by atoms with Crippen LogP contribution in [0.3, 0.4) is 0 Å². The van der Waals surface area contributed by atoms with Crippen LogP contribution in [0.4, 0.5) is 17.2 Å². The second-order valence-corrected chi connectivity index (χ2v) is 5.61. The van der Waals surface area contributed by atoms with Gasteiger partial charge in [0.2, 0.25) is 5.82 Å². The van der Waals surface area contributed by atoms with Gasteiger partial charge in [0.1, 0.15) is 6.07 Å². The summed E-state index contributed by atoms with van der Waals surface area (Å²) in [6.07, 6.45) is 1.31. The van der Waals surface area contributed by atoms with E-state index in [1.165, 1.54) is 12.3 Å². The zero-order chi connectivity index (χ0) is 18.1. The quantitative estimate of drug-likeness (QED) is 0.338. The van der Waals surface area contributed by atoms with E-state index < -0.39 is 4.92 Å². The van der Waals surface area contributed by atoms with Crippen molar-refractivity contribution < 1.29 is 4.92 Å². The number of hydrogen-bond acceptors (Lipinski definition) is 6. The molecule has 0 saturated heterocycles. The maximum Gasteiger partial charge on any atom is 0.313 e. The highest BCUT2D eigenvalue weighted by Gasteiger charge is 2.19. The Morgan fingerprint density at radius 1 is 1.04 bits per heavy atom. The molecule has 124 valence electrons. The number of benzene rings is 2. The summed E-state index contributed by atoms with van der Waals surface area (Å²) in [6.45, 7) is 0. The smallest absolute Gasteiger partial charge is 0.313 e. The summed E-state index contributed by atoms with van der Waals surface area (Å²) < 4.78 is 0. The summed E-state index contributed by atoms with van der Waals surface area (Å²) in [4.78, 5) is 19.6. The van der Waals surface area contributed by atoms with Gasteiger partial charge >= 0.3 is 5.69 Å². The Morgan fingerprint density at radius 3 is 2.23 bits per heavy atom. The molecule has 0 bridgehead atoms. The molecule has 1 N–H and O–H groups in total. The molecule has 0 amide bonds. The molecule has 0 unspecified atom stereocenters. The van der Waals surface area contributed by atoms with Gasteiger partial charge in [0.25, 0.3) is 0 Å². The third-order valence-electron chi connectivity index (χ3n) is 4.02. The number of rotatable bonds is 3. The number of nitrogens with zero attached hydrogens (tertiary/aromatic N) is 4. The van der Waals surface area contributed by atoms with Crippen molar-refractivity contribution in [3.8, 4) is 6.07 Å². The van der Waals surface area contributed by atoms with Crippen LogP contribution in [0.1, 0.15) is 5.56 Å². The molecule has 0 aliphatic carbocycles. The predicted octanol–water partition coefficient (Wildman–Crippen LogP) is 4.31. The van der Waals surface area contributed by atoms with Crippen molar-refractivity contribution >= 4 is 39.0 Å². The Morgan fingerprint density at radius 2 is 1.65 bits per heavy atom. The standard InChI is InChI=1S/C19H11N5O2/c20-10-12-9-17(24(25)26)19(21-11-12)23-18-13-5-1-3-7-15(13)22-16-8-4-2-6-14(16)18/h1-9,11H,(H,21,22,23). The number of para-hydroxylation sites is 2. The average molecular weight is 341 g/mol. The van der Waals surface area contributed by atoms with E-state index in [4.69, 9.17) is 5.26 Å². The summed E-state index contributed by atoms with van der Waals surface area (Å²) in [5.74, 6) is 0.0792. The number of pyridine rings is 2. The predicted molar refractivity (Wildman–Crippen MR) is 98.1 cm³/mol. The Bertz CT molecular complexity index is 1160. The van der Waals surface area contributed by atoms with E-state index in [1.807, 2.05) is 54.6 Å². The molecule has 0 spiro atoms. The second-order valence-electron chi connectivity index (χ2n) is 5.61. The normalized spacial score (nSPS) is 10.6. The molecule has 26 heavy (non-hydrogen) atoms. The molecule has 0 atom stereocenters. The lowest BCUT2D eigenvalue weighted by Crippen LogP contribution is -2.02. The molecular formula is C19H11N5O2. The van der Waals surface area contributed by atoms with E-state index in [0.29, 0.717) is 5.69 Å². The van der Waals surface area contributed by atoms with Crippen molar-refractivity contribution in [2.45, 2.75) is 0 Å². The van der Waals surface area contributed by atoms with Crippen LogP contribution in [0.2, 0.25) is 0 Å². The van der Waals surface area contributed by atoms with Crippen molar-refractivity contribution in [2.75, 3.05) is 5.32 Å². The third kappa shape index (κ3) is 2.56. The van der Waals surface area contributed by atoms with Crippen LogP contribution in [-0.4, -0.2) is 14.9 Å². The van der Waals surface area contributed by atoms with Crippen molar-refractivity contribution in [2.24, 2.45) is 0 Å². The first-order chi connectivity index (χ1) is 12.7. The van der Waals surface area contributed by atoms with Crippen molar-refractivity contribution in [3.63, 3.8) is 0 Å². The van der Waals surface area contributed by atoms with Crippen LogP contribution < -0.4 is 5.32 Å². The zero-order valence-electron chi connectivity index (χ0n) is 13.4. The zero-order valence-corrected chi connectivity index (χ0v) is 13.4. The number of nitro groups is 1. The van der Waals surface area contributed by atoms with Crippen LogP contribution >= 0.6 is 0 Å². The Kier molecular flexibility index (Phi) is 3.64. The highest BCUT2D eigenvalue weighted by atomic mass is 16.6. The molecule has 0 saturated carbocycles. The number of nitriles is 1. The maximum absolute atomic E-state index is 11.4. The molecule has 2 aromatic carbocycles. The topological polar surface area (TPSA) is 105 Å². The van der Waals surface area contributed by atoms with Gasteiger partial charge in [-0.25, -0.2) is 9.97 Å². The van der Waals surface area contributed by atoms with E-state index in [2.05, 4.69) is 15.3 Å². The van der Waals surface area contributed by atoms with Crippen LogP contribution in [0.5, 0.6) is 0 Å². The van der Waals surface area contributed by atoms with Crippen molar-refractivity contribution in [1.82, 2.24) is 9.97 Å². The average Bonchev–Trinajstić information content (AvgIpc) is 2.67. The van der Waals surface area contributed by atoms with Crippen LogP contribution in [0.15, 0.2) is 60.8 Å². The Balaban J connectivity index is 1.98. The molecule has 4 rings (SSSR count). The minimum absolute atomic E-state index is 0.0792. The summed E-state index contributed by atoms with van der Waals surface area (Å²) in [5, 5.41) is 25.1. The number of aromatic nitrogens is 2. The summed E-state index contributed by atoms with van der Waals surface area (Å²) >= 11 is 0. The lowest BCUT2D eigenvalue weighted by Gasteiger charge is -2.12. The Labute approximate surface area is 147 Å². The molecular weight excluding hydrogens is 330 g/mol. The molecule has 0 aliphatic heterocycles. The minimum Gasteiger partial charge on any atom is -0.333 e. The van der Waals surface area contributed by atoms with Crippen molar-refractivity contribution in [1.29, 1.82) is 5.26 Å². The van der Waals surface area contributed by atoms with E-state index in [9.17, 15) is 10.1 Å². The monoisotopic (exact) mass is 341 g/mol. The summed E-state index contributed by atoms with van der Waals surface area (Å²) in [7, 11) is 0.